The SMILES string of the molecule is O=C1CC2(CCCCCC2)C(=O)N1Cc1ccccc1-n1ccnc1. The lowest BCUT2D eigenvalue weighted by molar-refractivity contribution is -0.142. The molecule has 0 bridgehead atoms. The Kier molecular flexibility index (Phi) is 4.15. The highest BCUT2D eigenvalue weighted by atomic mass is 16.2. The van der Waals surface area contributed by atoms with Crippen molar-refractivity contribution in [1.82, 2.24) is 14.5 Å². The molecular formula is C20H23N3O2. The number of amides is 2. The smallest absolute Gasteiger partial charge is 0.236 e. The van der Waals surface area contributed by atoms with Crippen molar-refractivity contribution in [3.8, 4) is 5.69 Å². The molecule has 1 saturated heterocycles. The number of imidazole rings is 1. The summed E-state index contributed by atoms with van der Waals surface area (Å²) in [6.07, 6.45) is 11.9. The molecule has 0 unspecified atom stereocenters. The van der Waals surface area contributed by atoms with Crippen LogP contribution in [0.5, 0.6) is 0 Å². The van der Waals surface area contributed by atoms with Gasteiger partial charge in [0.05, 0.1) is 24.0 Å². The molecule has 0 atom stereocenters. The molecule has 2 amide bonds. The average molecular weight is 337 g/mol. The number of rotatable bonds is 3. The molecular weight excluding hydrogens is 314 g/mol. The Morgan fingerprint density at radius 3 is 2.52 bits per heavy atom. The van der Waals surface area contributed by atoms with Gasteiger partial charge in [-0.2, -0.15) is 0 Å². The van der Waals surface area contributed by atoms with Crippen molar-refractivity contribution in [1.29, 1.82) is 0 Å². The lowest BCUT2D eigenvalue weighted by Crippen LogP contribution is -2.35. The van der Waals surface area contributed by atoms with Gasteiger partial charge in [-0.25, -0.2) is 4.98 Å². The maximum absolute atomic E-state index is 13.1. The van der Waals surface area contributed by atoms with Crippen LogP contribution in [0.3, 0.4) is 0 Å². The third-order valence-corrected chi connectivity index (χ3v) is 5.65. The number of benzene rings is 1. The molecule has 0 radical (unpaired) electrons. The van der Waals surface area contributed by atoms with Crippen molar-refractivity contribution < 1.29 is 9.59 Å². The van der Waals surface area contributed by atoms with E-state index in [1.807, 2.05) is 35.0 Å². The van der Waals surface area contributed by atoms with Gasteiger partial charge < -0.3 is 4.57 Å². The fourth-order valence-corrected chi connectivity index (χ4v) is 4.28. The van der Waals surface area contributed by atoms with Crippen molar-refractivity contribution in [3.63, 3.8) is 0 Å². The lowest BCUT2D eigenvalue weighted by Gasteiger charge is -2.25. The number of hydrogen-bond donors (Lipinski definition) is 0. The summed E-state index contributed by atoms with van der Waals surface area (Å²) in [5.41, 5.74) is 1.49. The summed E-state index contributed by atoms with van der Waals surface area (Å²) < 4.78 is 1.92. The predicted molar refractivity (Wildman–Crippen MR) is 93.9 cm³/mol. The van der Waals surface area contributed by atoms with Crippen LogP contribution in [0.25, 0.3) is 5.69 Å². The summed E-state index contributed by atoms with van der Waals surface area (Å²) in [5, 5.41) is 0. The van der Waals surface area contributed by atoms with Gasteiger partial charge in [0.15, 0.2) is 0 Å². The first kappa shape index (κ1) is 16.1. The molecule has 1 spiro atoms. The van der Waals surface area contributed by atoms with Crippen molar-refractivity contribution in [2.45, 2.75) is 51.5 Å². The zero-order valence-corrected chi connectivity index (χ0v) is 14.4. The van der Waals surface area contributed by atoms with Gasteiger partial charge in [0.1, 0.15) is 0 Å². The van der Waals surface area contributed by atoms with Crippen molar-refractivity contribution in [2.24, 2.45) is 5.41 Å². The van der Waals surface area contributed by atoms with Gasteiger partial charge in [0.25, 0.3) is 0 Å². The lowest BCUT2D eigenvalue weighted by atomic mass is 9.79. The molecule has 2 aliphatic rings. The molecule has 2 heterocycles. The first-order valence-corrected chi connectivity index (χ1v) is 9.11. The second kappa shape index (κ2) is 6.47. The standard InChI is InChI=1S/C20H23N3O2/c24-18-13-20(9-5-1-2-6-10-20)19(25)23(18)14-16-7-3-4-8-17(16)22-12-11-21-15-22/h3-4,7-8,11-12,15H,1-2,5-6,9-10,13-14H2. The fourth-order valence-electron chi connectivity index (χ4n) is 4.28. The molecule has 4 rings (SSSR count). The van der Waals surface area contributed by atoms with E-state index in [2.05, 4.69) is 4.98 Å². The van der Waals surface area contributed by atoms with Gasteiger partial charge in [-0.15, -0.1) is 0 Å². The van der Waals surface area contributed by atoms with Gasteiger partial charge in [-0.05, 0) is 24.5 Å². The van der Waals surface area contributed by atoms with E-state index >= 15 is 0 Å². The number of carbonyl (C=O) groups excluding carboxylic acids is 2. The number of carbonyl (C=O) groups is 2. The first-order valence-electron chi connectivity index (χ1n) is 9.11. The second-order valence-corrected chi connectivity index (χ2v) is 7.26. The molecule has 130 valence electrons. The summed E-state index contributed by atoms with van der Waals surface area (Å²) in [4.78, 5) is 31.4. The van der Waals surface area contributed by atoms with Crippen LogP contribution in [0.2, 0.25) is 0 Å². The van der Waals surface area contributed by atoms with Crippen LogP contribution in [0.1, 0.15) is 50.5 Å². The van der Waals surface area contributed by atoms with E-state index in [1.165, 1.54) is 17.7 Å². The molecule has 0 N–H and O–H groups in total. The van der Waals surface area contributed by atoms with E-state index in [-0.39, 0.29) is 11.8 Å². The molecule has 1 saturated carbocycles. The maximum atomic E-state index is 13.1. The molecule has 25 heavy (non-hydrogen) atoms. The molecule has 1 aromatic carbocycles. The zero-order valence-electron chi connectivity index (χ0n) is 14.4. The molecule has 1 aliphatic heterocycles. The number of aromatic nitrogens is 2. The molecule has 5 nitrogen and oxygen atoms in total. The van der Waals surface area contributed by atoms with Crippen LogP contribution in [0.15, 0.2) is 43.0 Å². The summed E-state index contributed by atoms with van der Waals surface area (Å²) in [7, 11) is 0. The molecule has 1 aromatic heterocycles. The second-order valence-electron chi connectivity index (χ2n) is 7.26. The number of nitrogens with zero attached hydrogens (tertiary/aromatic N) is 3. The van der Waals surface area contributed by atoms with Gasteiger partial charge in [0, 0.05) is 18.8 Å². The summed E-state index contributed by atoms with van der Waals surface area (Å²) in [6, 6.07) is 7.87. The molecule has 1 aliphatic carbocycles. The summed E-state index contributed by atoms with van der Waals surface area (Å²) in [5.74, 6) is 0.0205. The van der Waals surface area contributed by atoms with Gasteiger partial charge in [-0.3, -0.25) is 14.5 Å². The third kappa shape index (κ3) is 2.88. The van der Waals surface area contributed by atoms with Crippen molar-refractivity contribution in [3.05, 3.63) is 48.5 Å². The minimum Gasteiger partial charge on any atom is -0.306 e. The van der Waals surface area contributed by atoms with Gasteiger partial charge >= 0.3 is 0 Å². The normalized spacial score (nSPS) is 20.2. The van der Waals surface area contributed by atoms with E-state index in [9.17, 15) is 9.59 Å². The highest BCUT2D eigenvalue weighted by molar-refractivity contribution is 6.05. The number of para-hydroxylation sites is 1. The van der Waals surface area contributed by atoms with Crippen LogP contribution >= 0.6 is 0 Å². The third-order valence-electron chi connectivity index (χ3n) is 5.65. The topological polar surface area (TPSA) is 55.2 Å². The quantitative estimate of drug-likeness (QED) is 0.806. The van der Waals surface area contributed by atoms with Gasteiger partial charge in [0.2, 0.25) is 11.8 Å². The fraction of sp³-hybridized carbons (Fsp3) is 0.450. The van der Waals surface area contributed by atoms with E-state index in [4.69, 9.17) is 0 Å². The van der Waals surface area contributed by atoms with E-state index in [0.717, 1.165) is 36.9 Å². The molecule has 2 aromatic rings. The highest BCUT2D eigenvalue weighted by Crippen LogP contribution is 2.44. The predicted octanol–water partition coefficient (Wildman–Crippen LogP) is 3.47. The van der Waals surface area contributed by atoms with Crippen LogP contribution in [0.4, 0.5) is 0 Å². The molecule has 2 fully saturated rings. The number of hydrogen-bond acceptors (Lipinski definition) is 3. The Balaban J connectivity index is 1.61. The first-order chi connectivity index (χ1) is 12.2. The van der Waals surface area contributed by atoms with Crippen molar-refractivity contribution in [2.75, 3.05) is 0 Å². The summed E-state index contributed by atoms with van der Waals surface area (Å²) >= 11 is 0. The monoisotopic (exact) mass is 337 g/mol. The van der Waals surface area contributed by atoms with E-state index in [0.29, 0.717) is 13.0 Å². The maximum Gasteiger partial charge on any atom is 0.236 e. The Labute approximate surface area is 147 Å². The highest BCUT2D eigenvalue weighted by Gasteiger charge is 2.50. The Morgan fingerprint density at radius 2 is 1.80 bits per heavy atom. The zero-order chi connectivity index (χ0) is 17.3. The van der Waals surface area contributed by atoms with Crippen LogP contribution in [-0.2, 0) is 16.1 Å². The van der Waals surface area contributed by atoms with Crippen LogP contribution < -0.4 is 0 Å². The average Bonchev–Trinajstić information content (AvgIpc) is 3.14. The van der Waals surface area contributed by atoms with Crippen molar-refractivity contribution >= 4 is 11.8 Å². The van der Waals surface area contributed by atoms with E-state index in [1.54, 1.807) is 12.5 Å². The Bertz CT molecular complexity index is 774. The number of likely N-dealkylation sites (tertiary alicyclic amines) is 1. The van der Waals surface area contributed by atoms with Crippen LogP contribution in [-0.4, -0.2) is 26.3 Å². The number of imide groups is 1. The van der Waals surface area contributed by atoms with E-state index < -0.39 is 5.41 Å². The summed E-state index contributed by atoms with van der Waals surface area (Å²) in [6.45, 7) is 0.341. The van der Waals surface area contributed by atoms with Gasteiger partial charge in [-0.1, -0.05) is 43.9 Å². The Morgan fingerprint density at radius 1 is 1.04 bits per heavy atom. The minimum absolute atomic E-state index is 0.0210. The largest absolute Gasteiger partial charge is 0.306 e. The van der Waals surface area contributed by atoms with Crippen LogP contribution in [0, 0.1) is 5.41 Å². The Hall–Kier alpha value is -2.43. The molecule has 5 heteroatoms. The minimum atomic E-state index is -0.433.